The largest absolute Gasteiger partial charge is 0.389 e. The zero-order valence-corrected chi connectivity index (χ0v) is 5.40. The van der Waals surface area contributed by atoms with Crippen LogP contribution < -0.4 is 0 Å². The van der Waals surface area contributed by atoms with Gasteiger partial charge in [0.1, 0.15) is 0 Å². The van der Waals surface area contributed by atoms with E-state index in [0.29, 0.717) is 6.61 Å². The monoisotopic (exact) mass is 137 g/mol. The number of halogens is 1. The van der Waals surface area contributed by atoms with Gasteiger partial charge in [-0.25, -0.2) is 0 Å². The van der Waals surface area contributed by atoms with Gasteiger partial charge < -0.3 is 9.84 Å². The average molecular weight is 138 g/mol. The van der Waals surface area contributed by atoms with Gasteiger partial charge in [-0.2, -0.15) is 0 Å². The maximum absolute atomic E-state index is 8.70. The zero-order valence-electron chi connectivity index (χ0n) is 4.64. The molecule has 0 aliphatic carbocycles. The molecular formula is C5H10ClO2. The van der Waals surface area contributed by atoms with Crippen molar-refractivity contribution in [3.05, 3.63) is 6.92 Å². The molecule has 0 rings (SSSR count). The fourth-order valence-corrected chi connectivity index (χ4v) is 0.353. The third-order valence-corrected chi connectivity index (χ3v) is 0.989. The van der Waals surface area contributed by atoms with Crippen LogP contribution in [-0.2, 0) is 4.74 Å². The van der Waals surface area contributed by atoms with Gasteiger partial charge in [0, 0.05) is 6.61 Å². The molecule has 0 fully saturated rings. The molecule has 0 spiro atoms. The molecule has 0 bridgehead atoms. The lowest BCUT2D eigenvalue weighted by Gasteiger charge is -2.04. The molecule has 0 aromatic heterocycles. The first-order chi connectivity index (χ1) is 3.81. The Morgan fingerprint density at radius 1 is 1.75 bits per heavy atom. The van der Waals surface area contributed by atoms with Crippen molar-refractivity contribution < 1.29 is 9.84 Å². The smallest absolute Gasteiger partial charge is 0.0908 e. The van der Waals surface area contributed by atoms with Gasteiger partial charge in [0.05, 0.1) is 18.6 Å². The highest BCUT2D eigenvalue weighted by Crippen LogP contribution is 1.87. The van der Waals surface area contributed by atoms with E-state index >= 15 is 0 Å². The van der Waals surface area contributed by atoms with E-state index in [-0.39, 0.29) is 12.5 Å². The zero-order chi connectivity index (χ0) is 6.41. The Bertz CT molecular complexity index is 49.7. The molecule has 1 unspecified atom stereocenters. The molecule has 0 saturated carbocycles. The summed E-state index contributed by atoms with van der Waals surface area (Å²) in [6, 6.07) is 0. The normalized spacial score (nSPS) is 13.9. The van der Waals surface area contributed by atoms with Crippen LogP contribution in [0, 0.1) is 6.92 Å². The van der Waals surface area contributed by atoms with Crippen LogP contribution in [0.15, 0.2) is 0 Å². The fraction of sp³-hybridized carbons (Fsp3) is 0.800. The summed E-state index contributed by atoms with van der Waals surface area (Å²) in [5.74, 6) is 0.222. The third kappa shape index (κ3) is 4.37. The summed E-state index contributed by atoms with van der Waals surface area (Å²) < 4.78 is 4.74. The quantitative estimate of drug-likeness (QED) is 0.570. The number of aliphatic hydroxyl groups is 1. The van der Waals surface area contributed by atoms with Crippen molar-refractivity contribution in [1.29, 1.82) is 0 Å². The molecule has 8 heavy (non-hydrogen) atoms. The number of rotatable bonds is 4. The standard InChI is InChI=1S/C5H10ClO2/c1-2-8-4-5(7)3-6/h5,7H,1-4H2. The lowest BCUT2D eigenvalue weighted by Crippen LogP contribution is -2.16. The van der Waals surface area contributed by atoms with E-state index in [4.69, 9.17) is 21.4 Å². The molecule has 1 N–H and O–H groups in total. The van der Waals surface area contributed by atoms with Crippen molar-refractivity contribution in [3.8, 4) is 0 Å². The van der Waals surface area contributed by atoms with Crippen LogP contribution >= 0.6 is 11.6 Å². The summed E-state index contributed by atoms with van der Waals surface area (Å²) in [6.45, 7) is 4.08. The second-order valence-electron chi connectivity index (χ2n) is 1.38. The molecule has 1 radical (unpaired) electrons. The minimum atomic E-state index is -0.543. The molecule has 0 aromatic rings. The van der Waals surface area contributed by atoms with Gasteiger partial charge in [0.25, 0.3) is 0 Å². The first-order valence-electron chi connectivity index (χ1n) is 2.42. The van der Waals surface area contributed by atoms with Crippen molar-refractivity contribution in [2.45, 2.75) is 6.10 Å². The van der Waals surface area contributed by atoms with Crippen LogP contribution in [0.2, 0.25) is 0 Å². The van der Waals surface area contributed by atoms with Crippen molar-refractivity contribution in [1.82, 2.24) is 0 Å². The van der Waals surface area contributed by atoms with Gasteiger partial charge in [0.2, 0.25) is 0 Å². The van der Waals surface area contributed by atoms with Gasteiger partial charge in [-0.15, -0.1) is 11.6 Å². The van der Waals surface area contributed by atoms with Crippen LogP contribution in [0.5, 0.6) is 0 Å². The van der Waals surface area contributed by atoms with Crippen molar-refractivity contribution in [2.24, 2.45) is 0 Å². The molecular weight excluding hydrogens is 128 g/mol. The molecule has 0 aliphatic heterocycles. The third-order valence-electron chi connectivity index (χ3n) is 0.633. The van der Waals surface area contributed by atoms with E-state index in [1.165, 1.54) is 0 Å². The van der Waals surface area contributed by atoms with Crippen LogP contribution in [-0.4, -0.2) is 30.3 Å². The summed E-state index contributed by atoms with van der Waals surface area (Å²) in [4.78, 5) is 0. The van der Waals surface area contributed by atoms with E-state index < -0.39 is 6.10 Å². The lowest BCUT2D eigenvalue weighted by atomic mass is 10.4. The Morgan fingerprint density at radius 3 is 2.75 bits per heavy atom. The molecule has 0 aromatic carbocycles. The second-order valence-corrected chi connectivity index (χ2v) is 1.69. The minimum absolute atomic E-state index is 0.222. The fourth-order valence-electron chi connectivity index (χ4n) is 0.264. The van der Waals surface area contributed by atoms with Crippen LogP contribution in [0.1, 0.15) is 0 Å². The summed E-state index contributed by atoms with van der Waals surface area (Å²) in [7, 11) is 0. The molecule has 0 amide bonds. The molecule has 0 saturated heterocycles. The highest BCUT2D eigenvalue weighted by molar-refractivity contribution is 6.18. The van der Waals surface area contributed by atoms with Gasteiger partial charge in [0.15, 0.2) is 0 Å². The molecule has 49 valence electrons. The summed E-state index contributed by atoms with van der Waals surface area (Å²) >= 11 is 5.24. The van der Waals surface area contributed by atoms with Crippen LogP contribution in [0.4, 0.5) is 0 Å². The number of hydrogen-bond donors (Lipinski definition) is 1. The van der Waals surface area contributed by atoms with Gasteiger partial charge in [-0.3, -0.25) is 0 Å². The second kappa shape index (κ2) is 5.35. The maximum atomic E-state index is 8.70. The summed E-state index contributed by atoms with van der Waals surface area (Å²) in [5, 5.41) is 8.70. The SMILES string of the molecule is [CH2]COCC(O)CCl. The predicted molar refractivity (Wildman–Crippen MR) is 32.9 cm³/mol. The Morgan fingerprint density at radius 2 is 2.38 bits per heavy atom. The summed E-state index contributed by atoms with van der Waals surface area (Å²) in [6.07, 6.45) is -0.543. The van der Waals surface area contributed by atoms with Crippen molar-refractivity contribution in [2.75, 3.05) is 19.1 Å². The molecule has 0 heterocycles. The van der Waals surface area contributed by atoms with Crippen molar-refractivity contribution in [3.63, 3.8) is 0 Å². The van der Waals surface area contributed by atoms with E-state index in [2.05, 4.69) is 6.92 Å². The Labute approximate surface area is 54.4 Å². The number of aliphatic hydroxyl groups excluding tert-OH is 1. The Kier molecular flexibility index (Phi) is 5.49. The van der Waals surface area contributed by atoms with Crippen LogP contribution in [0.25, 0.3) is 0 Å². The Balaban J connectivity index is 2.86. The first-order valence-corrected chi connectivity index (χ1v) is 2.95. The van der Waals surface area contributed by atoms with Gasteiger partial charge >= 0.3 is 0 Å². The Hall–Kier alpha value is 0.210. The number of alkyl halides is 1. The van der Waals surface area contributed by atoms with Crippen LogP contribution in [0.3, 0.4) is 0 Å². The number of hydrogen-bond acceptors (Lipinski definition) is 2. The molecule has 0 aliphatic rings. The van der Waals surface area contributed by atoms with E-state index in [1.54, 1.807) is 0 Å². The lowest BCUT2D eigenvalue weighted by molar-refractivity contribution is 0.0610. The topological polar surface area (TPSA) is 29.5 Å². The predicted octanol–water partition coefficient (Wildman–Crippen LogP) is 0.437. The van der Waals surface area contributed by atoms with Crippen molar-refractivity contribution >= 4 is 11.6 Å². The van der Waals surface area contributed by atoms with Gasteiger partial charge in [-0.05, 0) is 6.92 Å². The summed E-state index contributed by atoms with van der Waals surface area (Å²) in [5.41, 5.74) is 0. The number of ether oxygens (including phenoxy) is 1. The maximum Gasteiger partial charge on any atom is 0.0908 e. The van der Waals surface area contributed by atoms with E-state index in [9.17, 15) is 0 Å². The molecule has 3 heteroatoms. The molecule has 1 atom stereocenters. The van der Waals surface area contributed by atoms with Gasteiger partial charge in [-0.1, -0.05) is 0 Å². The van der Waals surface area contributed by atoms with E-state index in [1.807, 2.05) is 0 Å². The minimum Gasteiger partial charge on any atom is -0.389 e. The first kappa shape index (κ1) is 8.21. The van der Waals surface area contributed by atoms with E-state index in [0.717, 1.165) is 0 Å². The highest BCUT2D eigenvalue weighted by atomic mass is 35.5. The molecule has 2 nitrogen and oxygen atoms in total. The average Bonchev–Trinajstić information content (AvgIpc) is 1.83. The highest BCUT2D eigenvalue weighted by Gasteiger charge is 1.98.